The normalized spacial score (nSPS) is 12.8. The Hall–Kier alpha value is -1.96. The molecule has 0 N–H and O–H groups in total. The maximum Gasteiger partial charge on any atom is -0.00724 e. The molecule has 0 atom stereocenters. The van der Waals surface area contributed by atoms with Crippen molar-refractivity contribution in [2.45, 2.75) is 59.3 Å². The Kier molecular flexibility index (Phi) is 5.03. The van der Waals surface area contributed by atoms with Gasteiger partial charge in [0.2, 0.25) is 0 Å². The minimum absolute atomic E-state index is 0.00393. The molecule has 124 valence electrons. The third kappa shape index (κ3) is 3.36. The van der Waals surface area contributed by atoms with Crippen LogP contribution in [0.1, 0.15) is 58.1 Å². The average Bonchev–Trinajstić information content (AvgIpc) is 2.51. The number of fused-ring (bicyclic) bond motifs is 1. The summed E-state index contributed by atoms with van der Waals surface area (Å²) in [6, 6.07) is 7.13. The van der Waals surface area contributed by atoms with Crippen LogP contribution in [0.25, 0.3) is 10.8 Å². The highest BCUT2D eigenvalue weighted by Crippen LogP contribution is 2.43. The molecular weight excluding hydrogens is 284 g/mol. The first-order valence-corrected chi connectivity index (χ1v) is 8.35. The third-order valence-corrected chi connectivity index (χ3v) is 4.64. The van der Waals surface area contributed by atoms with E-state index in [4.69, 9.17) is 0 Å². The van der Waals surface area contributed by atoms with Gasteiger partial charge in [-0.15, -0.1) is 0 Å². The molecule has 2 aromatic carbocycles. The van der Waals surface area contributed by atoms with Gasteiger partial charge in [0.1, 0.15) is 0 Å². The molecule has 0 unspecified atom stereocenters. The van der Waals surface area contributed by atoms with Crippen LogP contribution in [0.2, 0.25) is 0 Å². The van der Waals surface area contributed by atoms with Gasteiger partial charge in [-0.25, -0.2) is 0 Å². The van der Waals surface area contributed by atoms with Crippen LogP contribution in [-0.4, -0.2) is 0 Å². The zero-order chi connectivity index (χ0) is 17.2. The zero-order valence-corrected chi connectivity index (χ0v) is 14.8. The summed E-state index contributed by atoms with van der Waals surface area (Å²) in [5.41, 5.74) is 2.26. The van der Waals surface area contributed by atoms with Crippen molar-refractivity contribution in [1.29, 1.82) is 0 Å². The van der Waals surface area contributed by atoms with Crippen LogP contribution in [0.3, 0.4) is 0 Å². The fourth-order valence-electron chi connectivity index (χ4n) is 3.34. The van der Waals surface area contributed by atoms with E-state index in [0.29, 0.717) is 21.9 Å². The SMILES string of the molecule is CCC/C(C)=C/CC(C)(C)c1c(C)c([O-])c2ccccc2c1[O-]. The second-order valence-electron chi connectivity index (χ2n) is 7.09. The van der Waals surface area contributed by atoms with E-state index in [1.54, 1.807) is 19.1 Å². The first-order chi connectivity index (χ1) is 10.8. The highest BCUT2D eigenvalue weighted by Gasteiger charge is 2.23. The fourth-order valence-corrected chi connectivity index (χ4v) is 3.34. The van der Waals surface area contributed by atoms with Crippen molar-refractivity contribution in [1.82, 2.24) is 0 Å². The summed E-state index contributed by atoms with van der Waals surface area (Å²) in [7, 11) is 0. The summed E-state index contributed by atoms with van der Waals surface area (Å²) >= 11 is 0. The standard InChI is InChI=1S/C21H28O2/c1-6-9-14(2)12-13-21(4,5)18-15(3)19(22)16-10-7-8-11-17(16)20(18)23/h7-8,10-12,22-23H,6,9,13H2,1-5H3/p-2/b14-12+. The summed E-state index contributed by atoms with van der Waals surface area (Å²) in [6.07, 6.45) is 5.17. The van der Waals surface area contributed by atoms with Crippen molar-refractivity contribution in [3.8, 4) is 11.5 Å². The van der Waals surface area contributed by atoms with Gasteiger partial charge in [-0.3, -0.25) is 0 Å². The molecule has 2 heteroatoms. The molecule has 0 saturated heterocycles. The monoisotopic (exact) mass is 310 g/mol. The first-order valence-electron chi connectivity index (χ1n) is 8.35. The lowest BCUT2D eigenvalue weighted by Crippen LogP contribution is -2.21. The van der Waals surface area contributed by atoms with E-state index in [9.17, 15) is 10.2 Å². The van der Waals surface area contributed by atoms with Gasteiger partial charge < -0.3 is 10.2 Å². The maximum absolute atomic E-state index is 13.0. The number of allylic oxidation sites excluding steroid dienone is 2. The predicted octanol–water partition coefficient (Wildman–Crippen LogP) is 4.71. The second-order valence-corrected chi connectivity index (χ2v) is 7.09. The third-order valence-electron chi connectivity index (χ3n) is 4.64. The summed E-state index contributed by atoms with van der Waals surface area (Å²) in [6.45, 7) is 10.2. The Labute approximate surface area is 139 Å². The van der Waals surface area contributed by atoms with Crippen molar-refractivity contribution < 1.29 is 10.2 Å². The maximum atomic E-state index is 13.0. The molecule has 2 nitrogen and oxygen atoms in total. The van der Waals surface area contributed by atoms with Crippen LogP contribution in [0.15, 0.2) is 35.9 Å². The molecule has 0 bridgehead atoms. The molecule has 0 spiro atoms. The summed E-state index contributed by atoms with van der Waals surface area (Å²) in [5.74, 6) is -0.0122. The van der Waals surface area contributed by atoms with E-state index in [1.165, 1.54) is 5.57 Å². The van der Waals surface area contributed by atoms with Gasteiger partial charge in [-0.05, 0) is 48.4 Å². The fraction of sp³-hybridized carbons (Fsp3) is 0.429. The van der Waals surface area contributed by atoms with E-state index in [-0.39, 0.29) is 16.9 Å². The molecule has 0 saturated carbocycles. The Bertz CT molecular complexity index is 739. The molecule has 0 heterocycles. The lowest BCUT2D eigenvalue weighted by molar-refractivity contribution is -0.273. The van der Waals surface area contributed by atoms with Crippen molar-refractivity contribution in [3.05, 3.63) is 47.0 Å². The Morgan fingerprint density at radius 2 is 1.65 bits per heavy atom. The van der Waals surface area contributed by atoms with Crippen molar-refractivity contribution >= 4 is 10.8 Å². The number of rotatable bonds is 5. The highest BCUT2D eigenvalue weighted by molar-refractivity contribution is 5.95. The van der Waals surface area contributed by atoms with Gasteiger partial charge in [0.05, 0.1) is 0 Å². The van der Waals surface area contributed by atoms with Gasteiger partial charge >= 0.3 is 0 Å². The van der Waals surface area contributed by atoms with Crippen LogP contribution in [0.4, 0.5) is 0 Å². The molecule has 0 aliphatic heterocycles. The largest absolute Gasteiger partial charge is 0.872 e. The van der Waals surface area contributed by atoms with E-state index in [2.05, 4.69) is 33.8 Å². The summed E-state index contributed by atoms with van der Waals surface area (Å²) < 4.78 is 0. The molecule has 23 heavy (non-hydrogen) atoms. The quantitative estimate of drug-likeness (QED) is 0.751. The Morgan fingerprint density at radius 1 is 1.09 bits per heavy atom. The van der Waals surface area contributed by atoms with Gasteiger partial charge in [0.25, 0.3) is 0 Å². The van der Waals surface area contributed by atoms with Crippen molar-refractivity contribution in [2.24, 2.45) is 0 Å². The van der Waals surface area contributed by atoms with Crippen molar-refractivity contribution in [2.75, 3.05) is 0 Å². The molecule has 2 rings (SSSR count). The smallest absolute Gasteiger partial charge is 0.00724 e. The molecule has 2 aromatic rings. The first kappa shape index (κ1) is 17.4. The lowest BCUT2D eigenvalue weighted by atomic mass is 9.77. The lowest BCUT2D eigenvalue weighted by Gasteiger charge is -2.35. The van der Waals surface area contributed by atoms with Crippen LogP contribution in [0.5, 0.6) is 11.5 Å². The minimum Gasteiger partial charge on any atom is -0.872 e. The molecule has 0 radical (unpaired) electrons. The van der Waals surface area contributed by atoms with E-state index in [1.807, 2.05) is 12.1 Å². The molecule has 0 aromatic heterocycles. The van der Waals surface area contributed by atoms with Gasteiger partial charge in [0.15, 0.2) is 0 Å². The van der Waals surface area contributed by atoms with Gasteiger partial charge in [-0.2, -0.15) is 0 Å². The van der Waals surface area contributed by atoms with Crippen molar-refractivity contribution in [3.63, 3.8) is 0 Å². The minimum atomic E-state index is -0.348. The topological polar surface area (TPSA) is 46.1 Å². The van der Waals surface area contributed by atoms with Crippen LogP contribution < -0.4 is 10.2 Å². The Balaban J connectivity index is 2.56. The van der Waals surface area contributed by atoms with Gasteiger partial charge in [0, 0.05) is 0 Å². The van der Waals surface area contributed by atoms with Crippen LogP contribution in [-0.2, 0) is 5.41 Å². The zero-order valence-electron chi connectivity index (χ0n) is 14.8. The van der Waals surface area contributed by atoms with E-state index >= 15 is 0 Å². The Morgan fingerprint density at radius 3 is 2.22 bits per heavy atom. The molecule has 0 amide bonds. The second kappa shape index (κ2) is 6.66. The summed E-state index contributed by atoms with van der Waals surface area (Å²) in [5, 5.41) is 26.7. The number of hydrogen-bond donors (Lipinski definition) is 0. The molecule has 0 aliphatic rings. The molecule has 0 fully saturated rings. The summed E-state index contributed by atoms with van der Waals surface area (Å²) in [4.78, 5) is 0. The number of hydrogen-bond acceptors (Lipinski definition) is 2. The predicted molar refractivity (Wildman–Crippen MR) is 93.9 cm³/mol. The van der Waals surface area contributed by atoms with E-state index in [0.717, 1.165) is 19.3 Å². The van der Waals surface area contributed by atoms with Crippen LogP contribution in [0, 0.1) is 6.92 Å². The van der Waals surface area contributed by atoms with Crippen LogP contribution >= 0.6 is 0 Å². The average molecular weight is 310 g/mol. The highest BCUT2D eigenvalue weighted by atomic mass is 16.3. The molecular formula is C21H26O2-2. The van der Waals surface area contributed by atoms with E-state index < -0.39 is 0 Å². The number of benzene rings is 2. The molecule has 0 aliphatic carbocycles. The van der Waals surface area contributed by atoms with Gasteiger partial charge in [-0.1, -0.05) is 80.2 Å².